The number of imide groups is 1. The van der Waals surface area contributed by atoms with Crippen LogP contribution < -0.4 is 9.64 Å². The highest BCUT2D eigenvalue weighted by Crippen LogP contribution is 2.22. The molecule has 0 spiro atoms. The van der Waals surface area contributed by atoms with Gasteiger partial charge in [-0.1, -0.05) is 6.92 Å². The minimum absolute atomic E-state index is 0.162. The zero-order chi connectivity index (χ0) is 13.1. The summed E-state index contributed by atoms with van der Waals surface area (Å²) in [7, 11) is 1.55. The van der Waals surface area contributed by atoms with E-state index in [9.17, 15) is 9.59 Å². The van der Waals surface area contributed by atoms with Crippen molar-refractivity contribution >= 4 is 17.8 Å². The quantitative estimate of drug-likeness (QED) is 0.809. The molecule has 0 N–H and O–H groups in total. The number of pyridine rings is 1. The van der Waals surface area contributed by atoms with Crippen LogP contribution in [0.2, 0.25) is 0 Å². The predicted molar refractivity (Wildman–Crippen MR) is 65.5 cm³/mol. The second-order valence-corrected chi connectivity index (χ2v) is 3.89. The van der Waals surface area contributed by atoms with Gasteiger partial charge in [-0.05, 0) is 6.07 Å². The van der Waals surface area contributed by atoms with E-state index in [-0.39, 0.29) is 11.9 Å². The normalized spacial score (nSPS) is 15.1. The molecule has 2 rings (SSSR count). The average Bonchev–Trinajstić information content (AvgIpc) is 2.80. The lowest BCUT2D eigenvalue weighted by atomic mass is 10.4. The van der Waals surface area contributed by atoms with Crippen LogP contribution in [0.1, 0.15) is 13.3 Å². The summed E-state index contributed by atoms with van der Waals surface area (Å²) in [5.41, 5.74) is 0. The Bertz CT molecular complexity index is 475. The Balaban J connectivity index is 2.20. The Morgan fingerprint density at radius 2 is 2.28 bits per heavy atom. The lowest BCUT2D eigenvalue weighted by Crippen LogP contribution is -2.36. The highest BCUT2D eigenvalue weighted by atomic mass is 16.5. The summed E-state index contributed by atoms with van der Waals surface area (Å²) in [6.07, 6.45) is 1.90. The van der Waals surface area contributed by atoms with Crippen molar-refractivity contribution in [3.63, 3.8) is 0 Å². The van der Waals surface area contributed by atoms with Gasteiger partial charge < -0.3 is 4.74 Å². The van der Waals surface area contributed by atoms with Gasteiger partial charge in [0.1, 0.15) is 11.6 Å². The van der Waals surface area contributed by atoms with Gasteiger partial charge in [-0.25, -0.2) is 9.78 Å². The van der Waals surface area contributed by atoms with Gasteiger partial charge in [0.05, 0.1) is 7.11 Å². The Morgan fingerprint density at radius 3 is 2.94 bits per heavy atom. The summed E-state index contributed by atoms with van der Waals surface area (Å²) in [5.74, 6) is 0.976. The van der Waals surface area contributed by atoms with Gasteiger partial charge in [0.25, 0.3) is 0 Å². The van der Waals surface area contributed by atoms with Crippen LogP contribution in [-0.4, -0.2) is 42.0 Å². The Hall–Kier alpha value is -2.11. The molecular weight excluding hydrogens is 234 g/mol. The van der Waals surface area contributed by atoms with Gasteiger partial charge in [-0.3, -0.25) is 14.6 Å². The molecule has 1 aliphatic rings. The number of urea groups is 1. The summed E-state index contributed by atoms with van der Waals surface area (Å²) in [4.78, 5) is 30.5. The van der Waals surface area contributed by atoms with E-state index in [2.05, 4.69) is 4.98 Å². The van der Waals surface area contributed by atoms with Crippen LogP contribution in [0.3, 0.4) is 0 Å². The van der Waals surface area contributed by atoms with Gasteiger partial charge in [0.15, 0.2) is 0 Å². The number of rotatable bonds is 3. The number of carbonyl (C=O) groups excluding carboxylic acids is 2. The minimum atomic E-state index is -0.317. The van der Waals surface area contributed by atoms with Crippen molar-refractivity contribution < 1.29 is 14.3 Å². The first-order chi connectivity index (χ1) is 8.67. The van der Waals surface area contributed by atoms with Gasteiger partial charge in [-0.2, -0.15) is 0 Å². The molecule has 0 saturated carbocycles. The molecule has 1 aromatic heterocycles. The smallest absolute Gasteiger partial charge is 0.332 e. The lowest BCUT2D eigenvalue weighted by molar-refractivity contribution is -0.127. The van der Waals surface area contributed by atoms with Crippen LogP contribution in [0.4, 0.5) is 10.6 Å². The molecule has 0 radical (unpaired) electrons. The molecule has 1 saturated heterocycles. The number of ether oxygens (including phenoxy) is 1. The minimum Gasteiger partial charge on any atom is -0.497 e. The predicted octanol–water partition coefficient (Wildman–Crippen LogP) is 1.27. The van der Waals surface area contributed by atoms with Crippen molar-refractivity contribution in [2.24, 2.45) is 0 Å². The van der Waals surface area contributed by atoms with Crippen LogP contribution in [0, 0.1) is 0 Å². The average molecular weight is 249 g/mol. The third-order valence-electron chi connectivity index (χ3n) is 2.84. The number of methoxy groups -OCH3 is 1. The monoisotopic (exact) mass is 249 g/mol. The largest absolute Gasteiger partial charge is 0.497 e. The molecular formula is C12H15N3O3. The van der Waals surface area contributed by atoms with Crippen molar-refractivity contribution in [1.82, 2.24) is 9.88 Å². The molecule has 6 nitrogen and oxygen atoms in total. The molecule has 0 atom stereocenters. The topological polar surface area (TPSA) is 62.7 Å². The summed E-state index contributed by atoms with van der Waals surface area (Å²) in [6, 6.07) is 3.07. The van der Waals surface area contributed by atoms with Crippen molar-refractivity contribution in [2.45, 2.75) is 13.3 Å². The molecule has 1 fully saturated rings. The van der Waals surface area contributed by atoms with Crippen molar-refractivity contribution in [3.05, 3.63) is 18.3 Å². The molecule has 0 aliphatic carbocycles. The van der Waals surface area contributed by atoms with Gasteiger partial charge in [0, 0.05) is 31.8 Å². The van der Waals surface area contributed by atoms with E-state index in [4.69, 9.17) is 4.74 Å². The SMILES string of the molecule is CCC(=O)N1CCN(c2cc(OC)ccn2)C1=O. The lowest BCUT2D eigenvalue weighted by Gasteiger charge is -2.16. The molecule has 96 valence electrons. The van der Waals surface area contributed by atoms with Gasteiger partial charge in [0.2, 0.25) is 5.91 Å². The van der Waals surface area contributed by atoms with Crippen molar-refractivity contribution in [1.29, 1.82) is 0 Å². The highest BCUT2D eigenvalue weighted by molar-refractivity contribution is 6.04. The third-order valence-corrected chi connectivity index (χ3v) is 2.84. The molecule has 18 heavy (non-hydrogen) atoms. The van der Waals surface area contributed by atoms with Gasteiger partial charge >= 0.3 is 6.03 Å². The van der Waals surface area contributed by atoms with Crippen LogP contribution in [-0.2, 0) is 4.79 Å². The fourth-order valence-electron chi connectivity index (χ4n) is 1.85. The summed E-state index contributed by atoms with van der Waals surface area (Å²) in [6.45, 7) is 2.61. The third kappa shape index (κ3) is 2.13. The number of amides is 3. The number of aromatic nitrogens is 1. The van der Waals surface area contributed by atoms with Crippen LogP contribution in [0.15, 0.2) is 18.3 Å². The Morgan fingerprint density at radius 1 is 1.50 bits per heavy atom. The zero-order valence-corrected chi connectivity index (χ0v) is 10.4. The Kier molecular flexibility index (Phi) is 3.45. The molecule has 0 unspecified atom stereocenters. The van der Waals surface area contributed by atoms with E-state index in [1.54, 1.807) is 32.4 Å². The van der Waals surface area contributed by atoms with Crippen LogP contribution in [0.25, 0.3) is 0 Å². The molecule has 3 amide bonds. The van der Waals surface area contributed by atoms with E-state index in [0.717, 1.165) is 0 Å². The first kappa shape index (κ1) is 12.3. The second-order valence-electron chi connectivity index (χ2n) is 3.89. The van der Waals surface area contributed by atoms with Gasteiger partial charge in [-0.15, -0.1) is 0 Å². The van der Waals surface area contributed by atoms with Crippen LogP contribution in [0.5, 0.6) is 5.75 Å². The van der Waals surface area contributed by atoms with E-state index < -0.39 is 0 Å². The number of carbonyl (C=O) groups is 2. The fraction of sp³-hybridized carbons (Fsp3) is 0.417. The maximum absolute atomic E-state index is 12.1. The number of nitrogens with zero attached hydrogens (tertiary/aromatic N) is 3. The molecule has 1 aliphatic heterocycles. The molecule has 0 aromatic carbocycles. The second kappa shape index (κ2) is 5.03. The van der Waals surface area contributed by atoms with Crippen molar-refractivity contribution in [2.75, 3.05) is 25.1 Å². The Labute approximate surface area is 105 Å². The van der Waals surface area contributed by atoms with E-state index in [1.807, 2.05) is 0 Å². The number of hydrogen-bond donors (Lipinski definition) is 0. The summed E-state index contributed by atoms with van der Waals surface area (Å²) < 4.78 is 5.09. The van der Waals surface area contributed by atoms with Crippen LogP contribution >= 0.6 is 0 Å². The van der Waals surface area contributed by atoms with E-state index in [0.29, 0.717) is 31.1 Å². The standard InChI is InChI=1S/C12H15N3O3/c1-3-11(16)15-7-6-14(12(15)17)10-8-9(18-2)4-5-13-10/h4-5,8H,3,6-7H2,1-2H3. The summed E-state index contributed by atoms with van der Waals surface area (Å²) >= 11 is 0. The first-order valence-corrected chi connectivity index (χ1v) is 5.79. The molecule has 1 aromatic rings. The molecule has 0 bridgehead atoms. The van der Waals surface area contributed by atoms with Crippen molar-refractivity contribution in [3.8, 4) is 5.75 Å². The summed E-state index contributed by atoms with van der Waals surface area (Å²) in [5, 5.41) is 0. The number of anilines is 1. The maximum atomic E-state index is 12.1. The first-order valence-electron chi connectivity index (χ1n) is 5.79. The fourth-order valence-corrected chi connectivity index (χ4v) is 1.85. The maximum Gasteiger partial charge on any atom is 0.332 e. The molecule has 2 heterocycles. The van der Waals surface area contributed by atoms with E-state index >= 15 is 0 Å². The number of hydrogen-bond acceptors (Lipinski definition) is 4. The van der Waals surface area contributed by atoms with E-state index in [1.165, 1.54) is 9.80 Å². The highest BCUT2D eigenvalue weighted by Gasteiger charge is 2.33. The molecule has 6 heteroatoms. The zero-order valence-electron chi connectivity index (χ0n) is 10.4.